The van der Waals surface area contributed by atoms with Gasteiger partial charge in [-0.15, -0.1) is 0 Å². The smallest absolute Gasteiger partial charge is 0.321 e. The fraction of sp³-hybridized carbons (Fsp3) is 0.308. The lowest BCUT2D eigenvalue weighted by Crippen LogP contribution is -2.57. The molecule has 2 rings (SSSR count). The first kappa shape index (κ1) is 14.0. The third-order valence-electron chi connectivity index (χ3n) is 3.07. The van der Waals surface area contributed by atoms with Crippen molar-refractivity contribution in [2.75, 3.05) is 5.32 Å². The molecule has 1 aromatic carbocycles. The number of urea groups is 1. The normalized spacial score (nSPS) is 21.9. The highest BCUT2D eigenvalue weighted by atomic mass is 19.1. The van der Waals surface area contributed by atoms with Crippen LogP contribution in [-0.4, -0.2) is 23.9 Å². The number of nitrogens with one attached hydrogen (secondary N) is 3. The lowest BCUT2D eigenvalue weighted by Gasteiger charge is -2.28. The van der Waals surface area contributed by atoms with Crippen LogP contribution in [0.25, 0.3) is 0 Å². The fourth-order valence-electron chi connectivity index (χ4n) is 1.99. The molecule has 1 saturated heterocycles. The number of amides is 4. The van der Waals surface area contributed by atoms with Crippen LogP contribution in [0.3, 0.4) is 0 Å². The Bertz CT molecular complexity index is 544. The molecule has 20 heavy (non-hydrogen) atoms. The molecule has 6 nitrogen and oxygen atoms in total. The van der Waals surface area contributed by atoms with Crippen LogP contribution >= 0.6 is 0 Å². The van der Waals surface area contributed by atoms with Gasteiger partial charge in [0, 0.05) is 18.2 Å². The molecule has 1 aliphatic heterocycles. The van der Waals surface area contributed by atoms with Crippen molar-refractivity contribution in [3.63, 3.8) is 0 Å². The molecular weight excluding hydrogens is 265 g/mol. The maximum atomic E-state index is 12.7. The minimum Gasteiger partial charge on any atom is -0.335 e. The van der Waals surface area contributed by atoms with Crippen LogP contribution in [0.5, 0.6) is 0 Å². The van der Waals surface area contributed by atoms with Gasteiger partial charge in [-0.2, -0.15) is 0 Å². The van der Waals surface area contributed by atoms with Gasteiger partial charge in [0.15, 0.2) is 0 Å². The van der Waals surface area contributed by atoms with Gasteiger partial charge in [-0.1, -0.05) is 0 Å². The molecule has 106 valence electrons. The van der Waals surface area contributed by atoms with Crippen LogP contribution in [0, 0.1) is 11.7 Å². The molecule has 0 saturated carbocycles. The summed E-state index contributed by atoms with van der Waals surface area (Å²) in [7, 11) is 0. The third-order valence-corrected chi connectivity index (χ3v) is 3.07. The Hall–Kier alpha value is -2.44. The van der Waals surface area contributed by atoms with Crippen molar-refractivity contribution in [2.45, 2.75) is 19.4 Å². The first-order valence-corrected chi connectivity index (χ1v) is 6.12. The van der Waals surface area contributed by atoms with Crippen molar-refractivity contribution >= 4 is 23.5 Å². The Balaban J connectivity index is 1.95. The Morgan fingerprint density at radius 2 is 1.95 bits per heavy atom. The van der Waals surface area contributed by atoms with Crippen LogP contribution < -0.4 is 16.0 Å². The number of imide groups is 1. The van der Waals surface area contributed by atoms with Gasteiger partial charge in [-0.25, -0.2) is 9.18 Å². The van der Waals surface area contributed by atoms with Crippen molar-refractivity contribution in [1.29, 1.82) is 0 Å². The molecule has 3 N–H and O–H groups in total. The molecule has 2 unspecified atom stereocenters. The van der Waals surface area contributed by atoms with E-state index in [9.17, 15) is 18.8 Å². The summed E-state index contributed by atoms with van der Waals surface area (Å²) in [6.07, 6.45) is -0.0648. The lowest BCUT2D eigenvalue weighted by atomic mass is 9.94. The van der Waals surface area contributed by atoms with Crippen molar-refractivity contribution < 1.29 is 18.8 Å². The van der Waals surface area contributed by atoms with E-state index < -0.39 is 29.7 Å². The molecule has 0 aliphatic carbocycles. The molecule has 1 aromatic rings. The lowest BCUT2D eigenvalue weighted by molar-refractivity contribution is -0.129. The molecule has 0 spiro atoms. The molecule has 7 heteroatoms. The van der Waals surface area contributed by atoms with Crippen LogP contribution in [0.2, 0.25) is 0 Å². The molecule has 1 fully saturated rings. The summed E-state index contributed by atoms with van der Waals surface area (Å²) in [5, 5.41) is 7.22. The van der Waals surface area contributed by atoms with E-state index in [-0.39, 0.29) is 12.3 Å². The summed E-state index contributed by atoms with van der Waals surface area (Å²) in [5.74, 6) is -1.88. The van der Waals surface area contributed by atoms with Gasteiger partial charge in [-0.05, 0) is 31.2 Å². The SMILES string of the molecule is CC1NC(=O)NC(=O)C1CC(=O)Nc1ccc(F)cc1. The minimum atomic E-state index is -0.631. The zero-order chi connectivity index (χ0) is 14.7. The number of rotatable bonds is 3. The molecule has 0 aromatic heterocycles. The average Bonchev–Trinajstić information content (AvgIpc) is 2.36. The third kappa shape index (κ3) is 3.31. The summed E-state index contributed by atoms with van der Waals surface area (Å²) in [5.41, 5.74) is 0.448. The Morgan fingerprint density at radius 1 is 1.30 bits per heavy atom. The van der Waals surface area contributed by atoms with Crippen LogP contribution in [0.4, 0.5) is 14.9 Å². The van der Waals surface area contributed by atoms with Crippen LogP contribution in [-0.2, 0) is 9.59 Å². The molecular formula is C13H14FN3O3. The Labute approximate surface area is 114 Å². The first-order chi connectivity index (χ1) is 9.45. The van der Waals surface area contributed by atoms with Gasteiger partial charge < -0.3 is 10.6 Å². The monoisotopic (exact) mass is 279 g/mol. The quantitative estimate of drug-likeness (QED) is 0.771. The number of carbonyl (C=O) groups is 3. The molecule has 0 bridgehead atoms. The van der Waals surface area contributed by atoms with E-state index in [1.54, 1.807) is 6.92 Å². The molecule has 2 atom stereocenters. The second-order valence-corrected chi connectivity index (χ2v) is 4.62. The topological polar surface area (TPSA) is 87.3 Å². The van der Waals surface area contributed by atoms with Gasteiger partial charge in [0.1, 0.15) is 5.82 Å². The predicted octanol–water partition coefficient (Wildman–Crippen LogP) is 0.998. The van der Waals surface area contributed by atoms with E-state index in [1.807, 2.05) is 0 Å². The number of halogens is 1. The van der Waals surface area contributed by atoms with Gasteiger partial charge in [0.05, 0.1) is 5.92 Å². The van der Waals surface area contributed by atoms with Crippen molar-refractivity contribution in [3.8, 4) is 0 Å². The minimum absolute atomic E-state index is 0.0648. The van der Waals surface area contributed by atoms with Crippen molar-refractivity contribution in [1.82, 2.24) is 10.6 Å². The standard InChI is InChI=1S/C13H14FN3O3/c1-7-10(12(19)17-13(20)15-7)6-11(18)16-9-4-2-8(14)3-5-9/h2-5,7,10H,6H2,1H3,(H,16,18)(H2,15,17,19,20). The second kappa shape index (κ2) is 5.68. The molecule has 1 heterocycles. The van der Waals surface area contributed by atoms with Gasteiger partial charge in [0.2, 0.25) is 11.8 Å². The zero-order valence-corrected chi connectivity index (χ0v) is 10.8. The first-order valence-electron chi connectivity index (χ1n) is 6.12. The summed E-state index contributed by atoms with van der Waals surface area (Å²) in [6.45, 7) is 1.66. The maximum Gasteiger partial charge on any atom is 0.321 e. The fourth-order valence-corrected chi connectivity index (χ4v) is 1.99. The van der Waals surface area contributed by atoms with E-state index in [2.05, 4.69) is 16.0 Å². The van der Waals surface area contributed by atoms with E-state index >= 15 is 0 Å². The zero-order valence-electron chi connectivity index (χ0n) is 10.8. The number of carbonyl (C=O) groups excluding carboxylic acids is 3. The number of benzene rings is 1. The number of hydrogen-bond donors (Lipinski definition) is 3. The largest absolute Gasteiger partial charge is 0.335 e. The number of hydrogen-bond acceptors (Lipinski definition) is 3. The number of anilines is 1. The Morgan fingerprint density at radius 3 is 2.55 bits per heavy atom. The average molecular weight is 279 g/mol. The molecule has 0 radical (unpaired) electrons. The highest BCUT2D eigenvalue weighted by Crippen LogP contribution is 2.15. The summed E-state index contributed by atoms with van der Waals surface area (Å²) >= 11 is 0. The maximum absolute atomic E-state index is 12.7. The van der Waals surface area contributed by atoms with E-state index in [4.69, 9.17) is 0 Å². The van der Waals surface area contributed by atoms with Crippen LogP contribution in [0.15, 0.2) is 24.3 Å². The summed E-state index contributed by atoms with van der Waals surface area (Å²) in [6, 6.07) is 4.34. The van der Waals surface area contributed by atoms with E-state index in [0.717, 1.165) is 0 Å². The van der Waals surface area contributed by atoms with Gasteiger partial charge >= 0.3 is 6.03 Å². The summed E-state index contributed by atoms with van der Waals surface area (Å²) in [4.78, 5) is 34.5. The second-order valence-electron chi connectivity index (χ2n) is 4.62. The Kier molecular flexibility index (Phi) is 3.97. The summed E-state index contributed by atoms with van der Waals surface area (Å²) < 4.78 is 12.7. The highest BCUT2D eigenvalue weighted by molar-refractivity contribution is 6.01. The van der Waals surface area contributed by atoms with Gasteiger partial charge in [0.25, 0.3) is 0 Å². The van der Waals surface area contributed by atoms with Gasteiger partial charge in [-0.3, -0.25) is 14.9 Å². The van der Waals surface area contributed by atoms with E-state index in [1.165, 1.54) is 24.3 Å². The molecule has 4 amide bonds. The molecule has 1 aliphatic rings. The highest BCUT2D eigenvalue weighted by Gasteiger charge is 2.33. The van der Waals surface area contributed by atoms with Crippen LogP contribution in [0.1, 0.15) is 13.3 Å². The van der Waals surface area contributed by atoms with E-state index in [0.29, 0.717) is 5.69 Å². The predicted molar refractivity (Wildman–Crippen MR) is 69.3 cm³/mol. The van der Waals surface area contributed by atoms with Crippen molar-refractivity contribution in [2.24, 2.45) is 5.92 Å². The van der Waals surface area contributed by atoms with Crippen molar-refractivity contribution in [3.05, 3.63) is 30.1 Å².